The average Bonchev–Trinajstić information content (AvgIpc) is 2.01. The van der Waals surface area contributed by atoms with Crippen molar-refractivity contribution in [2.75, 3.05) is 25.9 Å². The summed E-state index contributed by atoms with van der Waals surface area (Å²) < 4.78 is 24.3. The van der Waals surface area contributed by atoms with E-state index in [0.29, 0.717) is 25.4 Å². The molecule has 0 aliphatic carbocycles. The fourth-order valence-corrected chi connectivity index (χ4v) is 2.33. The molecular formula is C8H20N2O2S. The molecule has 0 amide bonds. The molecule has 0 saturated heterocycles. The molecule has 0 fully saturated rings. The Bertz CT molecular complexity index is 224. The Morgan fingerprint density at radius 2 is 1.92 bits per heavy atom. The monoisotopic (exact) mass is 208 g/mol. The van der Waals surface area contributed by atoms with E-state index in [0.717, 1.165) is 0 Å². The Kier molecular flexibility index (Phi) is 5.51. The van der Waals surface area contributed by atoms with E-state index in [-0.39, 0.29) is 5.75 Å². The highest BCUT2D eigenvalue weighted by atomic mass is 32.2. The summed E-state index contributed by atoms with van der Waals surface area (Å²) >= 11 is 0. The van der Waals surface area contributed by atoms with Crippen LogP contribution in [0.2, 0.25) is 0 Å². The van der Waals surface area contributed by atoms with Gasteiger partial charge in [-0.1, -0.05) is 13.8 Å². The van der Waals surface area contributed by atoms with E-state index in [9.17, 15) is 8.42 Å². The van der Waals surface area contributed by atoms with E-state index in [2.05, 4.69) is 0 Å². The van der Waals surface area contributed by atoms with Crippen molar-refractivity contribution in [3.05, 3.63) is 0 Å². The summed E-state index contributed by atoms with van der Waals surface area (Å²) in [4.78, 5) is 0. The van der Waals surface area contributed by atoms with E-state index < -0.39 is 10.0 Å². The van der Waals surface area contributed by atoms with Crippen molar-refractivity contribution in [2.24, 2.45) is 11.7 Å². The number of nitrogens with zero attached hydrogens (tertiary/aromatic N) is 1. The van der Waals surface area contributed by atoms with Crippen molar-refractivity contribution < 1.29 is 8.42 Å². The standard InChI is InChI=1S/C8H20N2O2S/c1-8(2)4-7-13(11,12)10(3)6-5-9/h8H,4-7,9H2,1-3H3. The van der Waals surface area contributed by atoms with Gasteiger partial charge in [0, 0.05) is 20.1 Å². The van der Waals surface area contributed by atoms with Crippen molar-refractivity contribution >= 4 is 10.0 Å². The van der Waals surface area contributed by atoms with Gasteiger partial charge < -0.3 is 5.73 Å². The van der Waals surface area contributed by atoms with Crippen LogP contribution >= 0.6 is 0 Å². The molecule has 0 aliphatic heterocycles. The van der Waals surface area contributed by atoms with Gasteiger partial charge in [0.2, 0.25) is 10.0 Å². The summed E-state index contributed by atoms with van der Waals surface area (Å²) in [6, 6.07) is 0. The van der Waals surface area contributed by atoms with Gasteiger partial charge in [-0.2, -0.15) is 0 Å². The molecule has 4 nitrogen and oxygen atoms in total. The molecule has 0 aromatic carbocycles. The molecule has 0 aromatic heterocycles. The van der Waals surface area contributed by atoms with E-state index in [1.54, 1.807) is 7.05 Å². The molecule has 0 aromatic rings. The molecule has 5 heteroatoms. The second-order valence-electron chi connectivity index (χ2n) is 3.61. The van der Waals surface area contributed by atoms with Gasteiger partial charge in [-0.05, 0) is 12.3 Å². The predicted octanol–water partition coefficient (Wildman–Crippen LogP) is 0.253. The third-order valence-electron chi connectivity index (χ3n) is 1.87. The molecule has 80 valence electrons. The Morgan fingerprint density at radius 1 is 1.38 bits per heavy atom. The number of sulfonamides is 1. The lowest BCUT2D eigenvalue weighted by atomic mass is 10.2. The summed E-state index contributed by atoms with van der Waals surface area (Å²) in [5.41, 5.74) is 5.28. The predicted molar refractivity (Wildman–Crippen MR) is 54.9 cm³/mol. The smallest absolute Gasteiger partial charge is 0.213 e. The van der Waals surface area contributed by atoms with Gasteiger partial charge in [-0.15, -0.1) is 0 Å². The van der Waals surface area contributed by atoms with Gasteiger partial charge >= 0.3 is 0 Å². The van der Waals surface area contributed by atoms with E-state index in [1.807, 2.05) is 13.8 Å². The van der Waals surface area contributed by atoms with Gasteiger partial charge in [0.15, 0.2) is 0 Å². The Hall–Kier alpha value is -0.130. The van der Waals surface area contributed by atoms with Crippen LogP contribution in [0.3, 0.4) is 0 Å². The highest BCUT2D eigenvalue weighted by Gasteiger charge is 2.16. The lowest BCUT2D eigenvalue weighted by molar-refractivity contribution is 0.470. The van der Waals surface area contributed by atoms with E-state index >= 15 is 0 Å². The fraction of sp³-hybridized carbons (Fsp3) is 1.00. The quantitative estimate of drug-likeness (QED) is 0.680. The molecular weight excluding hydrogens is 188 g/mol. The van der Waals surface area contributed by atoms with Gasteiger partial charge in [-0.3, -0.25) is 0 Å². The molecule has 0 bridgehead atoms. The molecule has 0 spiro atoms. The zero-order valence-electron chi connectivity index (χ0n) is 8.66. The third kappa shape index (κ3) is 5.23. The fourth-order valence-electron chi connectivity index (χ4n) is 0.861. The molecule has 0 heterocycles. The number of rotatable bonds is 6. The van der Waals surface area contributed by atoms with E-state index in [1.165, 1.54) is 4.31 Å². The molecule has 0 rings (SSSR count). The molecule has 0 aliphatic rings. The number of hydrogen-bond acceptors (Lipinski definition) is 3. The summed E-state index contributed by atoms with van der Waals surface area (Å²) in [7, 11) is -1.49. The minimum atomic E-state index is -3.06. The molecule has 0 atom stereocenters. The maximum absolute atomic E-state index is 11.5. The van der Waals surface area contributed by atoms with Crippen LogP contribution in [-0.2, 0) is 10.0 Å². The van der Waals surface area contributed by atoms with E-state index in [4.69, 9.17) is 5.73 Å². The largest absolute Gasteiger partial charge is 0.329 e. The second kappa shape index (κ2) is 5.57. The van der Waals surface area contributed by atoms with Crippen molar-refractivity contribution in [3.63, 3.8) is 0 Å². The van der Waals surface area contributed by atoms with Crippen LogP contribution in [0.15, 0.2) is 0 Å². The van der Waals surface area contributed by atoms with Crippen molar-refractivity contribution in [1.82, 2.24) is 4.31 Å². The van der Waals surface area contributed by atoms with Gasteiger partial charge in [0.1, 0.15) is 0 Å². The van der Waals surface area contributed by atoms with Crippen LogP contribution in [0.25, 0.3) is 0 Å². The number of hydrogen-bond donors (Lipinski definition) is 1. The van der Waals surface area contributed by atoms with Crippen LogP contribution in [0.4, 0.5) is 0 Å². The van der Waals surface area contributed by atoms with Crippen molar-refractivity contribution in [1.29, 1.82) is 0 Å². The first-order valence-electron chi connectivity index (χ1n) is 4.54. The Labute approximate surface area is 81.2 Å². The summed E-state index contributed by atoms with van der Waals surface area (Å²) in [6.07, 6.45) is 0.706. The first-order valence-corrected chi connectivity index (χ1v) is 6.15. The molecule has 13 heavy (non-hydrogen) atoms. The maximum atomic E-state index is 11.5. The minimum Gasteiger partial charge on any atom is -0.329 e. The highest BCUT2D eigenvalue weighted by Crippen LogP contribution is 2.05. The summed E-state index contributed by atoms with van der Waals surface area (Å²) in [6.45, 7) is 4.80. The van der Waals surface area contributed by atoms with Crippen molar-refractivity contribution in [2.45, 2.75) is 20.3 Å². The zero-order chi connectivity index (χ0) is 10.5. The van der Waals surface area contributed by atoms with Crippen LogP contribution in [-0.4, -0.2) is 38.6 Å². The average molecular weight is 208 g/mol. The van der Waals surface area contributed by atoms with Crippen LogP contribution in [0, 0.1) is 5.92 Å². The SMILES string of the molecule is CC(C)CCS(=O)(=O)N(C)CCN. The molecule has 0 saturated carbocycles. The Morgan fingerprint density at radius 3 is 2.31 bits per heavy atom. The number of likely N-dealkylation sites (N-methyl/N-ethyl adjacent to an activating group) is 1. The first-order chi connectivity index (χ1) is 5.90. The van der Waals surface area contributed by atoms with Crippen LogP contribution < -0.4 is 5.73 Å². The zero-order valence-corrected chi connectivity index (χ0v) is 9.47. The molecule has 2 N–H and O–H groups in total. The highest BCUT2D eigenvalue weighted by molar-refractivity contribution is 7.89. The minimum absolute atomic E-state index is 0.223. The molecule has 0 radical (unpaired) electrons. The summed E-state index contributed by atoms with van der Waals surface area (Å²) in [5.74, 6) is 0.641. The lowest BCUT2D eigenvalue weighted by Crippen LogP contribution is -2.33. The Balaban J connectivity index is 4.07. The van der Waals surface area contributed by atoms with Gasteiger partial charge in [0.05, 0.1) is 5.75 Å². The molecule has 0 unspecified atom stereocenters. The first kappa shape index (κ1) is 12.9. The lowest BCUT2D eigenvalue weighted by Gasteiger charge is -2.16. The van der Waals surface area contributed by atoms with Gasteiger partial charge in [-0.25, -0.2) is 12.7 Å². The second-order valence-corrected chi connectivity index (χ2v) is 5.80. The van der Waals surface area contributed by atoms with Gasteiger partial charge in [0.25, 0.3) is 0 Å². The summed E-state index contributed by atoms with van der Waals surface area (Å²) in [5, 5.41) is 0. The maximum Gasteiger partial charge on any atom is 0.213 e. The van der Waals surface area contributed by atoms with Crippen LogP contribution in [0.5, 0.6) is 0 Å². The third-order valence-corrected chi connectivity index (χ3v) is 3.76. The topological polar surface area (TPSA) is 63.4 Å². The van der Waals surface area contributed by atoms with Crippen LogP contribution in [0.1, 0.15) is 20.3 Å². The normalized spacial score (nSPS) is 12.8. The van der Waals surface area contributed by atoms with Crippen molar-refractivity contribution in [3.8, 4) is 0 Å². The number of nitrogens with two attached hydrogens (primary N) is 1.